The lowest BCUT2D eigenvalue weighted by Crippen LogP contribution is -2.04. The van der Waals surface area contributed by atoms with Crippen molar-refractivity contribution in [1.82, 2.24) is 0 Å². The van der Waals surface area contributed by atoms with Crippen LogP contribution >= 0.6 is 22.9 Å². The Morgan fingerprint density at radius 1 is 1.11 bits per heavy atom. The van der Waals surface area contributed by atoms with Crippen LogP contribution in [0.5, 0.6) is 0 Å². The Morgan fingerprint density at radius 3 is 2.72 bits per heavy atom. The van der Waals surface area contributed by atoms with Gasteiger partial charge in [-0.1, -0.05) is 35.9 Å². The van der Waals surface area contributed by atoms with Gasteiger partial charge in [-0.15, -0.1) is 11.3 Å². The maximum atomic E-state index is 6.12. The van der Waals surface area contributed by atoms with Crippen LogP contribution in [-0.4, -0.2) is 6.54 Å². The van der Waals surface area contributed by atoms with E-state index in [0.717, 1.165) is 11.6 Å². The first kappa shape index (κ1) is 10.4. The van der Waals surface area contributed by atoms with Gasteiger partial charge in [-0.25, -0.2) is 0 Å². The van der Waals surface area contributed by atoms with E-state index in [-0.39, 0.29) is 0 Å². The van der Waals surface area contributed by atoms with Crippen LogP contribution in [0.1, 0.15) is 5.56 Å². The molecule has 3 heteroatoms. The third-order valence-corrected chi connectivity index (χ3v) is 4.68. The molecule has 0 spiro atoms. The summed E-state index contributed by atoms with van der Waals surface area (Å²) < 4.78 is 1.31. The summed E-state index contributed by atoms with van der Waals surface area (Å²) in [5.74, 6) is 0. The van der Waals surface area contributed by atoms with Crippen LogP contribution in [0.2, 0.25) is 0 Å². The second kappa shape index (κ2) is 3.74. The molecule has 18 heavy (non-hydrogen) atoms. The van der Waals surface area contributed by atoms with Gasteiger partial charge in [0, 0.05) is 20.7 Å². The van der Waals surface area contributed by atoms with Crippen LogP contribution in [0.4, 0.5) is 5.00 Å². The predicted octanol–water partition coefficient (Wildman–Crippen LogP) is 5.06. The van der Waals surface area contributed by atoms with Crippen molar-refractivity contribution >= 4 is 54.9 Å². The molecule has 0 amide bonds. The molecule has 1 aliphatic rings. The van der Waals surface area contributed by atoms with Gasteiger partial charge in [0.25, 0.3) is 0 Å². The number of nitrogens with one attached hydrogen (secondary N) is 1. The molecule has 2 heterocycles. The van der Waals surface area contributed by atoms with Crippen LogP contribution in [0.15, 0.2) is 41.4 Å². The van der Waals surface area contributed by atoms with E-state index in [1.807, 2.05) is 0 Å². The van der Waals surface area contributed by atoms with E-state index in [4.69, 9.17) is 11.6 Å². The Kier molecular flexibility index (Phi) is 2.16. The first-order valence-electron chi connectivity index (χ1n) is 5.86. The van der Waals surface area contributed by atoms with Crippen molar-refractivity contribution in [2.45, 2.75) is 0 Å². The summed E-state index contributed by atoms with van der Waals surface area (Å²) in [6.45, 7) is 0.737. The molecule has 3 aromatic rings. The minimum absolute atomic E-state index is 0.737. The number of hydrogen-bond donors (Lipinski definition) is 1. The molecule has 0 atom stereocenters. The maximum Gasteiger partial charge on any atom is 0.0972 e. The van der Waals surface area contributed by atoms with E-state index in [1.54, 1.807) is 11.3 Å². The summed E-state index contributed by atoms with van der Waals surface area (Å²) in [5.41, 5.74) is 1.23. The van der Waals surface area contributed by atoms with Gasteiger partial charge in [-0.05, 0) is 29.0 Å². The molecule has 1 N–H and O–H groups in total. The highest BCUT2D eigenvalue weighted by Gasteiger charge is 2.15. The fourth-order valence-corrected chi connectivity index (χ4v) is 3.73. The summed E-state index contributed by atoms with van der Waals surface area (Å²) in [7, 11) is 0. The van der Waals surface area contributed by atoms with E-state index in [0.29, 0.717) is 0 Å². The van der Waals surface area contributed by atoms with Crippen molar-refractivity contribution in [2.75, 3.05) is 11.9 Å². The molecule has 0 unspecified atom stereocenters. The summed E-state index contributed by atoms with van der Waals surface area (Å²) >= 11 is 7.93. The van der Waals surface area contributed by atoms with Gasteiger partial charge in [-0.2, -0.15) is 0 Å². The molecule has 1 aliphatic heterocycles. The Labute approximate surface area is 114 Å². The van der Waals surface area contributed by atoms with Crippen LogP contribution in [0, 0.1) is 0 Å². The fraction of sp³-hybridized carbons (Fsp3) is 0.0667. The smallest absolute Gasteiger partial charge is 0.0972 e. The van der Waals surface area contributed by atoms with Gasteiger partial charge < -0.3 is 5.32 Å². The number of rotatable bonds is 0. The third kappa shape index (κ3) is 1.46. The highest BCUT2D eigenvalue weighted by atomic mass is 35.5. The molecule has 0 saturated carbocycles. The van der Waals surface area contributed by atoms with Crippen molar-refractivity contribution in [3.8, 4) is 0 Å². The maximum absolute atomic E-state index is 6.12. The molecule has 1 nitrogen and oxygen atoms in total. The minimum Gasteiger partial charge on any atom is -0.371 e. The highest BCUT2D eigenvalue weighted by Crippen LogP contribution is 2.41. The number of thiophene rings is 1. The van der Waals surface area contributed by atoms with Crippen LogP contribution < -0.4 is 5.32 Å². The zero-order chi connectivity index (χ0) is 12.1. The van der Waals surface area contributed by atoms with Crippen LogP contribution in [0.25, 0.3) is 26.9 Å². The second-order valence-corrected chi connectivity index (χ2v) is 6.02. The first-order valence-corrected chi connectivity index (χ1v) is 7.06. The Hall–Kier alpha value is -1.51. The molecule has 0 saturated heterocycles. The SMILES string of the molecule is ClC1=Cc2c(sc3cc4ccccc4cc23)NC1. The lowest BCUT2D eigenvalue weighted by atomic mass is 10.0. The van der Waals surface area contributed by atoms with Crippen molar-refractivity contribution < 1.29 is 0 Å². The lowest BCUT2D eigenvalue weighted by molar-refractivity contribution is 1.32. The summed E-state index contributed by atoms with van der Waals surface area (Å²) in [6, 6.07) is 13.0. The molecule has 4 rings (SSSR count). The zero-order valence-corrected chi connectivity index (χ0v) is 11.1. The van der Waals surface area contributed by atoms with Crippen molar-refractivity contribution in [3.05, 3.63) is 47.0 Å². The average molecular weight is 272 g/mol. The number of hydrogen-bond acceptors (Lipinski definition) is 2. The van der Waals surface area contributed by atoms with Gasteiger partial charge in [0.15, 0.2) is 0 Å². The Balaban J connectivity index is 2.13. The molecule has 0 radical (unpaired) electrons. The number of halogens is 1. The summed E-state index contributed by atoms with van der Waals surface area (Å²) in [5, 5.41) is 9.33. The van der Waals surface area contributed by atoms with Crippen LogP contribution in [-0.2, 0) is 0 Å². The molecular formula is C15H10ClNS. The fourth-order valence-electron chi connectivity index (χ4n) is 2.45. The topological polar surface area (TPSA) is 12.0 Å². The van der Waals surface area contributed by atoms with E-state index >= 15 is 0 Å². The predicted molar refractivity (Wildman–Crippen MR) is 81.7 cm³/mol. The van der Waals surface area contributed by atoms with Crippen molar-refractivity contribution in [2.24, 2.45) is 0 Å². The van der Waals surface area contributed by atoms with Gasteiger partial charge in [0.1, 0.15) is 0 Å². The van der Waals surface area contributed by atoms with Crippen molar-refractivity contribution in [1.29, 1.82) is 0 Å². The Bertz CT molecular complexity index is 801. The third-order valence-electron chi connectivity index (χ3n) is 3.31. The molecule has 0 bridgehead atoms. The molecular weight excluding hydrogens is 262 g/mol. The molecule has 1 aromatic heterocycles. The lowest BCUT2D eigenvalue weighted by Gasteiger charge is -2.10. The quantitative estimate of drug-likeness (QED) is 0.603. The second-order valence-electron chi connectivity index (χ2n) is 4.49. The Morgan fingerprint density at radius 2 is 1.89 bits per heavy atom. The summed E-state index contributed by atoms with van der Waals surface area (Å²) in [6.07, 6.45) is 2.08. The van der Waals surface area contributed by atoms with Crippen molar-refractivity contribution in [3.63, 3.8) is 0 Å². The zero-order valence-electron chi connectivity index (χ0n) is 9.53. The standard InChI is InChI=1S/C15H10ClNS/c16-11-7-13-12-5-9-3-1-2-4-10(9)6-14(12)18-15(13)17-8-11/h1-7,17H,8H2. The van der Waals surface area contributed by atoms with E-state index < -0.39 is 0 Å². The van der Waals surface area contributed by atoms with Crippen LogP contribution in [0.3, 0.4) is 0 Å². The number of benzene rings is 2. The first-order chi connectivity index (χ1) is 8.81. The highest BCUT2D eigenvalue weighted by molar-refractivity contribution is 7.23. The summed E-state index contributed by atoms with van der Waals surface area (Å²) in [4.78, 5) is 0. The average Bonchev–Trinajstić information content (AvgIpc) is 2.73. The minimum atomic E-state index is 0.737. The molecule has 2 aromatic carbocycles. The molecule has 0 aliphatic carbocycles. The van der Waals surface area contributed by atoms with Gasteiger partial charge in [0.2, 0.25) is 0 Å². The van der Waals surface area contributed by atoms with E-state index in [9.17, 15) is 0 Å². The van der Waals surface area contributed by atoms with Gasteiger partial charge in [-0.3, -0.25) is 0 Å². The van der Waals surface area contributed by atoms with Gasteiger partial charge in [0.05, 0.1) is 11.5 Å². The largest absolute Gasteiger partial charge is 0.371 e. The van der Waals surface area contributed by atoms with Gasteiger partial charge >= 0.3 is 0 Å². The van der Waals surface area contributed by atoms with E-state index in [1.165, 1.54) is 31.4 Å². The molecule has 0 fully saturated rings. The monoisotopic (exact) mass is 271 g/mol. The number of anilines is 1. The normalized spacial score (nSPS) is 14.4. The number of fused-ring (bicyclic) bond motifs is 4. The van der Waals surface area contributed by atoms with E-state index in [2.05, 4.69) is 47.8 Å². The molecule has 88 valence electrons.